The van der Waals surface area contributed by atoms with Gasteiger partial charge in [0.2, 0.25) is 5.91 Å². The first-order chi connectivity index (χ1) is 9.27. The average Bonchev–Trinajstić information content (AvgIpc) is 2.82. The second kappa shape index (κ2) is 6.75. The highest BCUT2D eigenvalue weighted by Crippen LogP contribution is 2.34. The quantitative estimate of drug-likeness (QED) is 0.801. The maximum atomic E-state index is 12.4. The maximum Gasteiger partial charge on any atom is 0.227 e. The molecule has 0 aliphatic heterocycles. The molecule has 1 aromatic rings. The lowest BCUT2D eigenvalue weighted by Gasteiger charge is -2.29. The summed E-state index contributed by atoms with van der Waals surface area (Å²) in [7, 11) is 0. The smallest absolute Gasteiger partial charge is 0.227 e. The molecule has 1 saturated carbocycles. The normalized spacial score (nSPS) is 18.8. The topological polar surface area (TPSA) is 68.3 Å². The van der Waals surface area contributed by atoms with Crippen LogP contribution in [0.5, 0.6) is 0 Å². The Balaban J connectivity index is 1.85. The van der Waals surface area contributed by atoms with Gasteiger partial charge in [0.15, 0.2) is 0 Å². The summed E-state index contributed by atoms with van der Waals surface area (Å²) in [4.78, 5) is 12.4. The highest BCUT2D eigenvalue weighted by atomic mass is 16.3. The minimum atomic E-state index is -0.334. The van der Waals surface area contributed by atoms with Crippen LogP contribution in [0, 0.1) is 5.41 Å². The standard InChI is InChI=1S/C15H24N2O2/c16-12-15(8-3-1-2-4-9-15)14(18)17-10-7-13-6-5-11-19-13/h5-6,11H,1-4,7-10,12,16H2,(H,17,18). The SMILES string of the molecule is NCC1(C(=O)NCCc2ccco2)CCCCCC1. The van der Waals surface area contributed by atoms with Crippen molar-refractivity contribution in [2.75, 3.05) is 13.1 Å². The van der Waals surface area contributed by atoms with Gasteiger partial charge in [-0.2, -0.15) is 0 Å². The van der Waals surface area contributed by atoms with Crippen LogP contribution >= 0.6 is 0 Å². The van der Waals surface area contributed by atoms with Gasteiger partial charge in [0, 0.05) is 19.5 Å². The third-order valence-electron chi connectivity index (χ3n) is 4.17. The van der Waals surface area contributed by atoms with E-state index >= 15 is 0 Å². The zero-order valence-electron chi connectivity index (χ0n) is 11.5. The Morgan fingerprint density at radius 3 is 2.63 bits per heavy atom. The van der Waals surface area contributed by atoms with E-state index in [4.69, 9.17) is 10.2 Å². The predicted octanol–water partition coefficient (Wildman–Crippen LogP) is 2.24. The van der Waals surface area contributed by atoms with Crippen LogP contribution in [0.4, 0.5) is 0 Å². The lowest BCUT2D eigenvalue weighted by atomic mass is 9.79. The molecule has 0 atom stereocenters. The van der Waals surface area contributed by atoms with Crippen molar-refractivity contribution in [1.29, 1.82) is 0 Å². The number of hydrogen-bond donors (Lipinski definition) is 2. The van der Waals surface area contributed by atoms with E-state index in [2.05, 4.69) is 5.32 Å². The summed E-state index contributed by atoms with van der Waals surface area (Å²) in [5.41, 5.74) is 5.56. The molecule has 1 heterocycles. The van der Waals surface area contributed by atoms with Crippen LogP contribution in [-0.4, -0.2) is 19.0 Å². The van der Waals surface area contributed by atoms with E-state index in [0.717, 1.165) is 37.9 Å². The summed E-state index contributed by atoms with van der Waals surface area (Å²) >= 11 is 0. The number of rotatable bonds is 5. The number of carbonyl (C=O) groups excluding carboxylic acids is 1. The van der Waals surface area contributed by atoms with Crippen LogP contribution in [0.2, 0.25) is 0 Å². The minimum absolute atomic E-state index is 0.128. The van der Waals surface area contributed by atoms with Gasteiger partial charge in [0.25, 0.3) is 0 Å². The van der Waals surface area contributed by atoms with Crippen molar-refractivity contribution in [3.05, 3.63) is 24.2 Å². The molecule has 4 nitrogen and oxygen atoms in total. The van der Waals surface area contributed by atoms with Gasteiger partial charge < -0.3 is 15.5 Å². The van der Waals surface area contributed by atoms with Crippen LogP contribution in [0.1, 0.15) is 44.3 Å². The Morgan fingerprint density at radius 2 is 2.05 bits per heavy atom. The van der Waals surface area contributed by atoms with Crippen LogP contribution in [0.3, 0.4) is 0 Å². The predicted molar refractivity (Wildman–Crippen MR) is 74.6 cm³/mol. The minimum Gasteiger partial charge on any atom is -0.469 e. The van der Waals surface area contributed by atoms with Crippen LogP contribution < -0.4 is 11.1 Å². The molecule has 0 aromatic carbocycles. The van der Waals surface area contributed by atoms with E-state index in [1.807, 2.05) is 12.1 Å². The summed E-state index contributed by atoms with van der Waals surface area (Å²) in [6.45, 7) is 1.08. The Kier molecular flexibility index (Phi) is 5.02. The van der Waals surface area contributed by atoms with Crippen molar-refractivity contribution in [1.82, 2.24) is 5.32 Å². The fraction of sp³-hybridized carbons (Fsp3) is 0.667. The van der Waals surface area contributed by atoms with Gasteiger partial charge in [0.1, 0.15) is 5.76 Å². The van der Waals surface area contributed by atoms with E-state index in [-0.39, 0.29) is 11.3 Å². The fourth-order valence-corrected chi connectivity index (χ4v) is 2.87. The van der Waals surface area contributed by atoms with E-state index in [9.17, 15) is 4.79 Å². The fourth-order valence-electron chi connectivity index (χ4n) is 2.87. The van der Waals surface area contributed by atoms with Crippen molar-refractivity contribution in [3.63, 3.8) is 0 Å². The molecule has 4 heteroatoms. The Hall–Kier alpha value is -1.29. The lowest BCUT2D eigenvalue weighted by Crippen LogP contribution is -2.46. The molecule has 0 bridgehead atoms. The van der Waals surface area contributed by atoms with Gasteiger partial charge >= 0.3 is 0 Å². The molecule has 1 fully saturated rings. The van der Waals surface area contributed by atoms with Gasteiger partial charge in [-0.1, -0.05) is 25.7 Å². The largest absolute Gasteiger partial charge is 0.469 e. The highest BCUT2D eigenvalue weighted by Gasteiger charge is 2.36. The van der Waals surface area contributed by atoms with Gasteiger partial charge in [0.05, 0.1) is 11.7 Å². The lowest BCUT2D eigenvalue weighted by molar-refractivity contribution is -0.131. The summed E-state index contributed by atoms with van der Waals surface area (Å²) < 4.78 is 5.26. The number of nitrogens with one attached hydrogen (secondary N) is 1. The first-order valence-electron chi connectivity index (χ1n) is 7.28. The Bertz CT molecular complexity index is 379. The second-order valence-corrected chi connectivity index (χ2v) is 5.48. The molecule has 19 heavy (non-hydrogen) atoms. The van der Waals surface area contributed by atoms with Gasteiger partial charge in [-0.05, 0) is 25.0 Å². The summed E-state index contributed by atoms with van der Waals surface area (Å²) in [5.74, 6) is 1.03. The van der Waals surface area contributed by atoms with E-state index < -0.39 is 0 Å². The first-order valence-corrected chi connectivity index (χ1v) is 7.28. The molecule has 1 aliphatic rings. The average molecular weight is 264 g/mol. The molecule has 0 radical (unpaired) electrons. The van der Waals surface area contributed by atoms with E-state index in [1.54, 1.807) is 6.26 Å². The Morgan fingerprint density at radius 1 is 1.32 bits per heavy atom. The zero-order chi connectivity index (χ0) is 13.6. The van der Waals surface area contributed by atoms with Crippen LogP contribution in [0.15, 0.2) is 22.8 Å². The zero-order valence-corrected chi connectivity index (χ0v) is 11.5. The highest BCUT2D eigenvalue weighted by molar-refractivity contribution is 5.82. The third kappa shape index (κ3) is 3.60. The molecule has 106 valence electrons. The monoisotopic (exact) mass is 264 g/mol. The molecule has 3 N–H and O–H groups in total. The molecule has 2 rings (SSSR count). The molecule has 1 aliphatic carbocycles. The summed E-state index contributed by atoms with van der Waals surface area (Å²) in [6, 6.07) is 3.79. The van der Waals surface area contributed by atoms with Crippen LogP contribution in [-0.2, 0) is 11.2 Å². The number of carbonyl (C=O) groups is 1. The summed E-state index contributed by atoms with van der Waals surface area (Å²) in [6.07, 6.45) is 8.92. The number of furan rings is 1. The van der Waals surface area contributed by atoms with Gasteiger partial charge in [-0.15, -0.1) is 0 Å². The van der Waals surface area contributed by atoms with Crippen molar-refractivity contribution in [2.45, 2.75) is 44.9 Å². The second-order valence-electron chi connectivity index (χ2n) is 5.48. The van der Waals surface area contributed by atoms with E-state index in [0.29, 0.717) is 13.1 Å². The van der Waals surface area contributed by atoms with Crippen molar-refractivity contribution in [3.8, 4) is 0 Å². The number of amides is 1. The van der Waals surface area contributed by atoms with Crippen molar-refractivity contribution >= 4 is 5.91 Å². The number of hydrogen-bond acceptors (Lipinski definition) is 3. The molecule has 1 aromatic heterocycles. The maximum absolute atomic E-state index is 12.4. The van der Waals surface area contributed by atoms with Gasteiger partial charge in [-0.25, -0.2) is 0 Å². The Labute approximate surface area is 114 Å². The molecular formula is C15H24N2O2. The first kappa shape index (κ1) is 14.1. The van der Waals surface area contributed by atoms with Crippen molar-refractivity contribution in [2.24, 2.45) is 11.1 Å². The van der Waals surface area contributed by atoms with Crippen LogP contribution in [0.25, 0.3) is 0 Å². The van der Waals surface area contributed by atoms with Crippen molar-refractivity contribution < 1.29 is 9.21 Å². The summed E-state index contributed by atoms with van der Waals surface area (Å²) in [5, 5.41) is 3.03. The molecule has 1 amide bonds. The van der Waals surface area contributed by atoms with E-state index in [1.165, 1.54) is 12.8 Å². The molecular weight excluding hydrogens is 240 g/mol. The molecule has 0 spiro atoms. The molecule has 0 unspecified atom stereocenters. The van der Waals surface area contributed by atoms with Gasteiger partial charge in [-0.3, -0.25) is 4.79 Å². The third-order valence-corrected chi connectivity index (χ3v) is 4.17. The number of nitrogens with two attached hydrogens (primary N) is 1. The molecule has 0 saturated heterocycles.